The van der Waals surface area contributed by atoms with Gasteiger partial charge in [-0.05, 0) is 32.9 Å². The molecule has 2 nitrogen and oxygen atoms in total. The van der Waals surface area contributed by atoms with Crippen molar-refractivity contribution in [2.75, 3.05) is 0 Å². The Hall–Kier alpha value is -0.130. The maximum Gasteiger partial charge on any atom is 0.107 e. The Morgan fingerprint density at radius 3 is 3.00 bits per heavy atom. The number of rotatable bonds is 3. The zero-order valence-corrected chi connectivity index (χ0v) is 11.2. The molecule has 1 atom stereocenters. The predicted octanol–water partition coefficient (Wildman–Crippen LogP) is 3.91. The molecule has 0 saturated heterocycles. The van der Waals surface area contributed by atoms with Gasteiger partial charge in [0.1, 0.15) is 5.82 Å². The minimum absolute atomic E-state index is 0.330. The van der Waals surface area contributed by atoms with Crippen LogP contribution in [0.2, 0.25) is 0 Å². The molecular weight excluding hydrogens is 328 g/mol. The highest BCUT2D eigenvalue weighted by Gasteiger charge is 2.11. The number of thiophene rings is 1. The van der Waals surface area contributed by atoms with Crippen molar-refractivity contribution in [3.63, 3.8) is 0 Å². The second-order valence-electron chi connectivity index (χ2n) is 2.89. The highest BCUT2D eigenvalue weighted by molar-refractivity contribution is 9.11. The second-order valence-corrected chi connectivity index (χ2v) is 6.29. The standard InChI is InChI=1S/C9H8Br2N2S/c10-7(4-9-12-1-2-13-9)6-3-8(11)14-5-6/h1-3,5,7H,4H2,(H,12,13). The van der Waals surface area contributed by atoms with E-state index in [1.54, 1.807) is 17.5 Å². The largest absolute Gasteiger partial charge is 0.349 e. The Morgan fingerprint density at radius 1 is 1.57 bits per heavy atom. The van der Waals surface area contributed by atoms with Gasteiger partial charge in [0.05, 0.1) is 3.79 Å². The van der Waals surface area contributed by atoms with Gasteiger partial charge >= 0.3 is 0 Å². The van der Waals surface area contributed by atoms with Gasteiger partial charge in [-0.1, -0.05) is 15.9 Å². The van der Waals surface area contributed by atoms with Crippen molar-refractivity contribution in [1.29, 1.82) is 0 Å². The van der Waals surface area contributed by atoms with E-state index in [-0.39, 0.29) is 0 Å². The number of nitrogens with zero attached hydrogens (tertiary/aromatic N) is 1. The van der Waals surface area contributed by atoms with Gasteiger partial charge in [-0.3, -0.25) is 0 Å². The van der Waals surface area contributed by atoms with Crippen LogP contribution in [0.4, 0.5) is 0 Å². The van der Waals surface area contributed by atoms with Crippen LogP contribution in [0, 0.1) is 0 Å². The SMILES string of the molecule is Brc1cc(C(Br)Cc2ncc[nH]2)cs1. The molecule has 1 N–H and O–H groups in total. The van der Waals surface area contributed by atoms with Crippen LogP contribution in [0.1, 0.15) is 16.2 Å². The molecule has 2 aromatic heterocycles. The molecule has 2 heterocycles. The zero-order chi connectivity index (χ0) is 9.97. The lowest BCUT2D eigenvalue weighted by Crippen LogP contribution is -1.95. The monoisotopic (exact) mass is 334 g/mol. The number of hydrogen-bond donors (Lipinski definition) is 1. The van der Waals surface area contributed by atoms with Crippen LogP contribution in [-0.2, 0) is 6.42 Å². The Kier molecular flexibility index (Phi) is 3.41. The van der Waals surface area contributed by atoms with E-state index >= 15 is 0 Å². The Morgan fingerprint density at radius 2 is 2.43 bits per heavy atom. The minimum Gasteiger partial charge on any atom is -0.349 e. The third kappa shape index (κ3) is 2.46. The number of nitrogens with one attached hydrogen (secondary N) is 1. The summed E-state index contributed by atoms with van der Waals surface area (Å²) in [4.78, 5) is 7.62. The molecule has 2 rings (SSSR count). The van der Waals surface area contributed by atoms with Gasteiger partial charge in [-0.2, -0.15) is 0 Å². The highest BCUT2D eigenvalue weighted by Crippen LogP contribution is 2.31. The summed E-state index contributed by atoms with van der Waals surface area (Å²) in [5.74, 6) is 1.01. The molecule has 0 aliphatic heterocycles. The van der Waals surface area contributed by atoms with Gasteiger partial charge in [0.25, 0.3) is 0 Å². The van der Waals surface area contributed by atoms with Crippen molar-refractivity contribution in [2.45, 2.75) is 11.2 Å². The highest BCUT2D eigenvalue weighted by atomic mass is 79.9. The quantitative estimate of drug-likeness (QED) is 0.846. The third-order valence-corrected chi connectivity index (χ3v) is 4.25. The van der Waals surface area contributed by atoms with Gasteiger partial charge in [0.15, 0.2) is 0 Å². The first-order chi connectivity index (χ1) is 6.75. The fourth-order valence-corrected chi connectivity index (χ4v) is 3.16. The maximum atomic E-state index is 4.19. The molecule has 0 aliphatic rings. The summed E-state index contributed by atoms with van der Waals surface area (Å²) in [6.45, 7) is 0. The number of halogens is 2. The van der Waals surface area contributed by atoms with E-state index in [9.17, 15) is 0 Å². The number of imidazole rings is 1. The van der Waals surface area contributed by atoms with Crippen LogP contribution in [0.15, 0.2) is 27.6 Å². The van der Waals surface area contributed by atoms with Crippen LogP contribution < -0.4 is 0 Å². The topological polar surface area (TPSA) is 28.7 Å². The van der Waals surface area contributed by atoms with Crippen molar-refractivity contribution in [3.8, 4) is 0 Å². The van der Waals surface area contributed by atoms with Gasteiger partial charge in [-0.15, -0.1) is 11.3 Å². The van der Waals surface area contributed by atoms with Crippen molar-refractivity contribution < 1.29 is 0 Å². The summed E-state index contributed by atoms with van der Waals surface area (Å²) >= 11 is 8.80. The smallest absolute Gasteiger partial charge is 0.107 e. The number of H-pyrrole nitrogens is 1. The average Bonchev–Trinajstić information content (AvgIpc) is 2.75. The van der Waals surface area contributed by atoms with E-state index in [1.807, 2.05) is 6.20 Å². The molecule has 1 unspecified atom stereocenters. The molecule has 14 heavy (non-hydrogen) atoms. The molecule has 2 aromatic rings. The predicted molar refractivity (Wildman–Crippen MR) is 66.0 cm³/mol. The van der Waals surface area contributed by atoms with Gasteiger partial charge in [-0.25, -0.2) is 4.98 Å². The van der Waals surface area contributed by atoms with Crippen molar-refractivity contribution in [2.24, 2.45) is 0 Å². The molecule has 0 spiro atoms. The van der Waals surface area contributed by atoms with Crippen molar-refractivity contribution >= 4 is 43.2 Å². The Bertz CT molecular complexity index is 397. The number of alkyl halides is 1. The molecule has 0 bridgehead atoms. The summed E-state index contributed by atoms with van der Waals surface area (Å²) in [6.07, 6.45) is 4.51. The molecule has 0 saturated carbocycles. The fraction of sp³-hybridized carbons (Fsp3) is 0.222. The Balaban J connectivity index is 2.06. The number of aromatic amines is 1. The summed E-state index contributed by atoms with van der Waals surface area (Å²) in [5.41, 5.74) is 1.29. The molecule has 74 valence electrons. The van der Waals surface area contributed by atoms with Gasteiger partial charge in [0, 0.05) is 23.6 Å². The van der Waals surface area contributed by atoms with E-state index in [4.69, 9.17) is 0 Å². The first-order valence-electron chi connectivity index (χ1n) is 4.12. The summed E-state index contributed by atoms with van der Waals surface area (Å²) in [6, 6.07) is 2.13. The summed E-state index contributed by atoms with van der Waals surface area (Å²) < 4.78 is 1.16. The van der Waals surface area contributed by atoms with Crippen LogP contribution in [0.25, 0.3) is 0 Å². The van der Waals surface area contributed by atoms with E-state index in [0.29, 0.717) is 4.83 Å². The van der Waals surface area contributed by atoms with E-state index in [2.05, 4.69) is 53.3 Å². The van der Waals surface area contributed by atoms with E-state index in [1.165, 1.54) is 5.56 Å². The average molecular weight is 336 g/mol. The number of aromatic nitrogens is 2. The minimum atomic E-state index is 0.330. The lowest BCUT2D eigenvalue weighted by atomic mass is 10.2. The molecule has 0 radical (unpaired) electrons. The normalized spacial score (nSPS) is 13.0. The summed E-state index contributed by atoms with van der Waals surface area (Å²) in [7, 11) is 0. The van der Waals surface area contributed by atoms with Gasteiger partial charge in [0.2, 0.25) is 0 Å². The molecule has 5 heteroatoms. The molecule has 0 amide bonds. The second kappa shape index (κ2) is 4.59. The molecule has 0 fully saturated rings. The number of hydrogen-bond acceptors (Lipinski definition) is 2. The Labute approximate surface area is 103 Å². The van der Waals surface area contributed by atoms with Crippen LogP contribution in [0.3, 0.4) is 0 Å². The van der Waals surface area contributed by atoms with Crippen LogP contribution in [-0.4, -0.2) is 9.97 Å². The van der Waals surface area contributed by atoms with E-state index in [0.717, 1.165) is 16.0 Å². The van der Waals surface area contributed by atoms with Gasteiger partial charge < -0.3 is 4.98 Å². The van der Waals surface area contributed by atoms with E-state index < -0.39 is 0 Å². The van der Waals surface area contributed by atoms with Crippen molar-refractivity contribution in [3.05, 3.63) is 39.0 Å². The zero-order valence-electron chi connectivity index (χ0n) is 7.21. The lowest BCUT2D eigenvalue weighted by Gasteiger charge is -2.04. The fourth-order valence-electron chi connectivity index (χ4n) is 1.18. The first kappa shape index (κ1) is 10.4. The van der Waals surface area contributed by atoms with Crippen LogP contribution in [0.5, 0.6) is 0 Å². The van der Waals surface area contributed by atoms with Crippen LogP contribution >= 0.6 is 43.2 Å². The first-order valence-corrected chi connectivity index (χ1v) is 6.71. The summed E-state index contributed by atoms with van der Waals surface area (Å²) in [5, 5.41) is 2.15. The molecular formula is C9H8Br2N2S. The molecule has 0 aromatic carbocycles. The lowest BCUT2D eigenvalue weighted by molar-refractivity contribution is 0.879. The maximum absolute atomic E-state index is 4.19. The third-order valence-electron chi connectivity index (χ3n) is 1.88. The van der Waals surface area contributed by atoms with Crippen molar-refractivity contribution in [1.82, 2.24) is 9.97 Å². The molecule has 0 aliphatic carbocycles.